The van der Waals surface area contributed by atoms with Crippen molar-refractivity contribution in [3.8, 4) is 0 Å². The second kappa shape index (κ2) is 5.28. The van der Waals surface area contributed by atoms with Gasteiger partial charge in [0.1, 0.15) is 0 Å². The van der Waals surface area contributed by atoms with Crippen LogP contribution in [0.25, 0.3) is 0 Å². The Kier molecular flexibility index (Phi) is 10.1. The second-order valence-corrected chi connectivity index (χ2v) is 1.15. The molecule has 0 bridgehead atoms. The van der Waals surface area contributed by atoms with Crippen LogP contribution in [-0.2, 0) is 4.79 Å². The minimum atomic E-state index is -0.139. The predicted molar refractivity (Wildman–Crippen MR) is 27.6 cm³/mol. The van der Waals surface area contributed by atoms with Crippen molar-refractivity contribution in [1.29, 1.82) is 0 Å². The number of rotatable bonds is 0. The SMILES string of the molecule is CC(=O)S.[Ca+2].[H-].[H-]. The topological polar surface area (TPSA) is 17.1 Å². The summed E-state index contributed by atoms with van der Waals surface area (Å²) >= 11 is 3.33. The van der Waals surface area contributed by atoms with Gasteiger partial charge in [-0.15, -0.1) is 12.6 Å². The van der Waals surface area contributed by atoms with Crippen LogP contribution < -0.4 is 0 Å². The van der Waals surface area contributed by atoms with E-state index in [4.69, 9.17) is 0 Å². The molecule has 0 radical (unpaired) electrons. The fourth-order valence-electron chi connectivity index (χ4n) is 0. The molecule has 0 saturated carbocycles. The minimum Gasteiger partial charge on any atom is -1.00 e. The van der Waals surface area contributed by atoms with Gasteiger partial charge in [0.25, 0.3) is 0 Å². The summed E-state index contributed by atoms with van der Waals surface area (Å²) in [6.07, 6.45) is 0. The van der Waals surface area contributed by atoms with E-state index < -0.39 is 0 Å². The zero-order valence-electron chi connectivity index (χ0n) is 5.06. The van der Waals surface area contributed by atoms with E-state index in [2.05, 4.69) is 12.6 Å². The molecule has 5 heavy (non-hydrogen) atoms. The molecule has 0 aliphatic heterocycles. The van der Waals surface area contributed by atoms with Crippen LogP contribution in [0.5, 0.6) is 0 Å². The molecular formula is C2H6CaOS. The molecule has 0 amide bonds. The second-order valence-electron chi connectivity index (χ2n) is 0.519. The van der Waals surface area contributed by atoms with Crippen molar-refractivity contribution in [3.63, 3.8) is 0 Å². The molecule has 0 N–H and O–H groups in total. The van der Waals surface area contributed by atoms with Crippen LogP contribution in [0, 0.1) is 0 Å². The van der Waals surface area contributed by atoms with Gasteiger partial charge >= 0.3 is 37.7 Å². The minimum absolute atomic E-state index is 0. The molecule has 0 heterocycles. The van der Waals surface area contributed by atoms with E-state index in [0.717, 1.165) is 0 Å². The maximum Gasteiger partial charge on any atom is 2.00 e. The molecule has 1 nitrogen and oxygen atoms in total. The molecule has 0 aromatic heterocycles. The first-order valence-corrected chi connectivity index (χ1v) is 1.37. The monoisotopic (exact) mass is 118 g/mol. The molecule has 0 fully saturated rings. The van der Waals surface area contributed by atoms with Gasteiger partial charge in [-0.05, 0) is 0 Å². The normalized spacial score (nSPS) is 5.20. The fourth-order valence-corrected chi connectivity index (χ4v) is 0. The third-order valence-electron chi connectivity index (χ3n) is 0. The zero-order chi connectivity index (χ0) is 3.58. The standard InChI is InChI=1S/C2H4OS.Ca.2H/c1-2(3)4;;;/h1H3,(H,3,4);;;/q;+2;2*-1. The average molecular weight is 118 g/mol. The summed E-state index contributed by atoms with van der Waals surface area (Å²) in [5.74, 6) is 0. The number of hydrogen-bond donors (Lipinski definition) is 1. The molecule has 0 saturated heterocycles. The molecule has 0 atom stereocenters. The van der Waals surface area contributed by atoms with Crippen LogP contribution in [-0.4, -0.2) is 42.9 Å². The smallest absolute Gasteiger partial charge is 1.00 e. The van der Waals surface area contributed by atoms with Crippen molar-refractivity contribution in [3.05, 3.63) is 0 Å². The Morgan fingerprint density at radius 1 is 2.00 bits per heavy atom. The van der Waals surface area contributed by atoms with Gasteiger partial charge in [0, 0.05) is 6.92 Å². The van der Waals surface area contributed by atoms with E-state index in [1.54, 1.807) is 0 Å². The number of carbonyl (C=O) groups excluding carboxylic acids is 1. The number of hydrogen-bond acceptors (Lipinski definition) is 1. The largest absolute Gasteiger partial charge is 2.00 e. The van der Waals surface area contributed by atoms with Gasteiger partial charge in [-0.3, -0.25) is 4.79 Å². The van der Waals surface area contributed by atoms with Gasteiger partial charge in [0.05, 0.1) is 0 Å². The Labute approximate surface area is 69.5 Å². The van der Waals surface area contributed by atoms with Gasteiger partial charge in [0.2, 0.25) is 0 Å². The van der Waals surface area contributed by atoms with E-state index in [1.165, 1.54) is 6.92 Å². The maximum absolute atomic E-state index is 9.31. The van der Waals surface area contributed by atoms with Crippen molar-refractivity contribution in [2.45, 2.75) is 6.92 Å². The van der Waals surface area contributed by atoms with Crippen molar-refractivity contribution < 1.29 is 7.65 Å². The van der Waals surface area contributed by atoms with E-state index in [9.17, 15) is 4.79 Å². The van der Waals surface area contributed by atoms with Crippen molar-refractivity contribution in [2.24, 2.45) is 0 Å². The Balaban J connectivity index is -0.0000000150. The van der Waals surface area contributed by atoms with Crippen LogP contribution in [0.4, 0.5) is 0 Å². The first-order chi connectivity index (χ1) is 1.73. The summed E-state index contributed by atoms with van der Waals surface area (Å²) in [6.45, 7) is 1.39. The van der Waals surface area contributed by atoms with E-state index >= 15 is 0 Å². The predicted octanol–water partition coefficient (Wildman–Crippen LogP) is 0.307. The van der Waals surface area contributed by atoms with E-state index in [-0.39, 0.29) is 45.7 Å². The molecule has 28 valence electrons. The average Bonchev–Trinajstić information content (AvgIpc) is 0.811. The Bertz CT molecular complexity index is 38.7. The summed E-state index contributed by atoms with van der Waals surface area (Å²) in [5, 5.41) is -0.139. The Morgan fingerprint density at radius 2 is 2.00 bits per heavy atom. The summed E-state index contributed by atoms with van der Waals surface area (Å²) < 4.78 is 0. The quantitative estimate of drug-likeness (QED) is 0.358. The van der Waals surface area contributed by atoms with Crippen molar-refractivity contribution in [2.75, 3.05) is 0 Å². The number of carbonyl (C=O) groups is 1. The summed E-state index contributed by atoms with van der Waals surface area (Å²) in [4.78, 5) is 9.31. The van der Waals surface area contributed by atoms with Crippen LogP contribution in [0.3, 0.4) is 0 Å². The van der Waals surface area contributed by atoms with Gasteiger partial charge < -0.3 is 2.85 Å². The molecule has 3 heteroatoms. The summed E-state index contributed by atoms with van der Waals surface area (Å²) in [7, 11) is 0. The van der Waals surface area contributed by atoms with Gasteiger partial charge in [-0.1, -0.05) is 0 Å². The molecular weight excluding hydrogens is 112 g/mol. The first kappa shape index (κ1) is 9.56. The number of thiol groups is 1. The van der Waals surface area contributed by atoms with Gasteiger partial charge in [-0.2, -0.15) is 0 Å². The first-order valence-electron chi connectivity index (χ1n) is 0.928. The molecule has 0 aromatic rings. The Morgan fingerprint density at radius 3 is 2.00 bits per heavy atom. The van der Waals surface area contributed by atoms with E-state index in [0.29, 0.717) is 0 Å². The Hall–Kier alpha value is 1.28. The van der Waals surface area contributed by atoms with Crippen LogP contribution in [0.1, 0.15) is 9.78 Å². The van der Waals surface area contributed by atoms with E-state index in [1.807, 2.05) is 0 Å². The zero-order valence-corrected chi connectivity index (χ0v) is 6.17. The maximum atomic E-state index is 9.31. The fraction of sp³-hybridized carbons (Fsp3) is 0.500. The third kappa shape index (κ3) is 34.7. The summed E-state index contributed by atoms with van der Waals surface area (Å²) in [5.41, 5.74) is 0. The van der Waals surface area contributed by atoms with Gasteiger partial charge in [0.15, 0.2) is 5.12 Å². The molecule has 0 rings (SSSR count). The molecule has 0 spiro atoms. The van der Waals surface area contributed by atoms with Gasteiger partial charge in [-0.25, -0.2) is 0 Å². The van der Waals surface area contributed by atoms with Crippen LogP contribution in [0.2, 0.25) is 0 Å². The van der Waals surface area contributed by atoms with Crippen molar-refractivity contribution in [1.82, 2.24) is 0 Å². The molecule has 0 aliphatic rings. The third-order valence-corrected chi connectivity index (χ3v) is 0. The molecule has 0 aromatic carbocycles. The van der Waals surface area contributed by atoms with Crippen LogP contribution >= 0.6 is 12.6 Å². The van der Waals surface area contributed by atoms with Crippen molar-refractivity contribution >= 4 is 55.5 Å². The molecule has 0 aliphatic carbocycles. The summed E-state index contributed by atoms with van der Waals surface area (Å²) in [6, 6.07) is 0. The molecule has 0 unspecified atom stereocenters. The van der Waals surface area contributed by atoms with Crippen LogP contribution in [0.15, 0.2) is 0 Å².